The molecule has 1 heterocycles. The molecule has 6 heteroatoms. The van der Waals surface area contributed by atoms with Crippen LogP contribution in [0, 0.1) is 11.8 Å². The summed E-state index contributed by atoms with van der Waals surface area (Å²) in [5.41, 5.74) is 0.703. The van der Waals surface area contributed by atoms with Gasteiger partial charge in [-0.2, -0.15) is 0 Å². The van der Waals surface area contributed by atoms with Gasteiger partial charge in [-0.05, 0) is 24.0 Å². The summed E-state index contributed by atoms with van der Waals surface area (Å²) in [7, 11) is 0. The van der Waals surface area contributed by atoms with Crippen LogP contribution < -0.4 is 10.6 Å². The third kappa shape index (κ3) is 4.18. The minimum Gasteiger partial charge on any atom is -0.351 e. The molecule has 1 aliphatic heterocycles. The maximum atomic E-state index is 6.18. The number of aliphatic imine (C=N–C) groups is 1. The van der Waals surface area contributed by atoms with Crippen LogP contribution in [0.1, 0.15) is 27.7 Å². The van der Waals surface area contributed by atoms with E-state index in [0.717, 1.165) is 5.96 Å². The summed E-state index contributed by atoms with van der Waals surface area (Å²) < 4.78 is 0. The number of para-hydroxylation sites is 1. The van der Waals surface area contributed by atoms with Gasteiger partial charge >= 0.3 is 0 Å². The van der Waals surface area contributed by atoms with Crippen LogP contribution in [0.4, 0.5) is 5.69 Å². The van der Waals surface area contributed by atoms with Crippen LogP contribution in [0.15, 0.2) is 23.2 Å². The van der Waals surface area contributed by atoms with Crippen molar-refractivity contribution in [2.24, 2.45) is 16.8 Å². The maximum absolute atomic E-state index is 6.18. The molecular weight excluding hydrogens is 329 g/mol. The highest BCUT2D eigenvalue weighted by Gasteiger charge is 2.33. The molecule has 0 saturated carbocycles. The van der Waals surface area contributed by atoms with E-state index in [1.54, 1.807) is 0 Å². The van der Waals surface area contributed by atoms with Crippen LogP contribution in [-0.2, 0) is 0 Å². The number of guanidine groups is 1. The third-order valence-corrected chi connectivity index (χ3v) is 4.19. The van der Waals surface area contributed by atoms with Crippen molar-refractivity contribution in [1.29, 1.82) is 0 Å². The first-order valence-electron chi connectivity index (χ1n) is 6.95. The lowest BCUT2D eigenvalue weighted by Gasteiger charge is -2.24. The quantitative estimate of drug-likeness (QED) is 0.818. The molecule has 0 amide bonds. The summed E-state index contributed by atoms with van der Waals surface area (Å²) in [4.78, 5) is 4.74. The molecule has 1 aliphatic rings. The summed E-state index contributed by atoms with van der Waals surface area (Å²) in [6.45, 7) is 8.79. The Kier molecular flexibility index (Phi) is 6.64. The second-order valence-electron chi connectivity index (χ2n) is 5.85. The summed E-state index contributed by atoms with van der Waals surface area (Å²) in [6.07, 6.45) is 0. The molecule has 2 N–H and O–H groups in total. The maximum Gasteiger partial charge on any atom is 0.196 e. The lowest BCUT2D eigenvalue weighted by Crippen LogP contribution is -2.42. The summed E-state index contributed by atoms with van der Waals surface area (Å²) >= 11 is 12.4. The normalized spacial score (nSPS) is 21.0. The monoisotopic (exact) mass is 349 g/mol. The molecule has 0 fully saturated rings. The smallest absolute Gasteiger partial charge is 0.196 e. The number of rotatable bonds is 3. The molecule has 1 aromatic carbocycles. The summed E-state index contributed by atoms with van der Waals surface area (Å²) in [5.74, 6) is 1.74. The molecule has 21 heavy (non-hydrogen) atoms. The fourth-order valence-electron chi connectivity index (χ4n) is 2.44. The average Bonchev–Trinajstić information content (AvgIpc) is 2.78. The Hall–Kier alpha value is -0.640. The zero-order valence-electron chi connectivity index (χ0n) is 12.7. The molecule has 1 aromatic rings. The van der Waals surface area contributed by atoms with Crippen LogP contribution in [-0.4, -0.2) is 18.0 Å². The molecule has 2 atom stereocenters. The summed E-state index contributed by atoms with van der Waals surface area (Å²) in [5, 5.41) is 7.86. The molecule has 0 unspecified atom stereocenters. The second-order valence-corrected chi connectivity index (χ2v) is 6.66. The van der Waals surface area contributed by atoms with E-state index in [4.69, 9.17) is 28.2 Å². The van der Waals surface area contributed by atoms with Crippen molar-refractivity contribution in [3.63, 3.8) is 0 Å². The van der Waals surface area contributed by atoms with Crippen LogP contribution in [0.3, 0.4) is 0 Å². The van der Waals surface area contributed by atoms with E-state index in [2.05, 4.69) is 38.3 Å². The molecule has 0 radical (unpaired) electrons. The van der Waals surface area contributed by atoms with Gasteiger partial charge in [0.15, 0.2) is 5.96 Å². The van der Waals surface area contributed by atoms with Crippen molar-refractivity contribution in [1.82, 2.24) is 5.32 Å². The highest BCUT2D eigenvalue weighted by molar-refractivity contribution is 6.39. The predicted molar refractivity (Wildman–Crippen MR) is 95.2 cm³/mol. The Labute approximate surface area is 142 Å². The number of halogens is 3. The Morgan fingerprint density at radius 1 is 1.10 bits per heavy atom. The third-order valence-electron chi connectivity index (χ3n) is 3.56. The van der Waals surface area contributed by atoms with Gasteiger partial charge in [0, 0.05) is 0 Å². The molecule has 0 bridgehead atoms. The van der Waals surface area contributed by atoms with Gasteiger partial charge in [0.25, 0.3) is 0 Å². The standard InChI is InChI=1S/C15H21Cl2N3.ClH/c1-8(2)12-13(9(3)4)19-15(18-12)20-14-10(16)6-5-7-11(14)17;/h5-9,12-13H,1-4H3,(H2,18,19,20);1H/t12-,13-;/m1./s1. The molecule has 118 valence electrons. The summed E-state index contributed by atoms with van der Waals surface area (Å²) in [6, 6.07) is 6.04. The fourth-order valence-corrected chi connectivity index (χ4v) is 2.93. The highest BCUT2D eigenvalue weighted by Crippen LogP contribution is 2.31. The van der Waals surface area contributed by atoms with Gasteiger partial charge in [-0.3, -0.25) is 0 Å². The SMILES string of the molecule is CC(C)[C@H]1N=C(Nc2c(Cl)cccc2Cl)N[C@@H]1C(C)C.Cl. The molecule has 0 aliphatic carbocycles. The predicted octanol–water partition coefficient (Wildman–Crippen LogP) is 4.84. The van der Waals surface area contributed by atoms with Crippen LogP contribution >= 0.6 is 35.6 Å². The highest BCUT2D eigenvalue weighted by atomic mass is 35.5. The van der Waals surface area contributed by atoms with Crippen molar-refractivity contribution in [3.8, 4) is 0 Å². The average molecular weight is 351 g/mol. The van der Waals surface area contributed by atoms with Crippen LogP contribution in [0.2, 0.25) is 10.0 Å². The van der Waals surface area contributed by atoms with E-state index in [0.29, 0.717) is 33.6 Å². The van der Waals surface area contributed by atoms with E-state index in [9.17, 15) is 0 Å². The number of nitrogens with zero attached hydrogens (tertiary/aromatic N) is 1. The van der Waals surface area contributed by atoms with Crippen LogP contribution in [0.5, 0.6) is 0 Å². The van der Waals surface area contributed by atoms with E-state index >= 15 is 0 Å². The van der Waals surface area contributed by atoms with Crippen molar-refractivity contribution in [2.45, 2.75) is 39.8 Å². The second kappa shape index (κ2) is 7.57. The zero-order chi connectivity index (χ0) is 14.9. The van der Waals surface area contributed by atoms with Crippen molar-refractivity contribution < 1.29 is 0 Å². The molecule has 0 spiro atoms. The van der Waals surface area contributed by atoms with Crippen molar-refractivity contribution in [2.75, 3.05) is 5.32 Å². The Balaban J connectivity index is 0.00000220. The Morgan fingerprint density at radius 2 is 1.67 bits per heavy atom. The molecular formula is C15H22Cl3N3. The van der Waals surface area contributed by atoms with Crippen molar-refractivity contribution in [3.05, 3.63) is 28.2 Å². The van der Waals surface area contributed by atoms with Gasteiger partial charge in [-0.1, -0.05) is 57.0 Å². The van der Waals surface area contributed by atoms with Gasteiger partial charge in [-0.25, -0.2) is 4.99 Å². The first kappa shape index (κ1) is 18.4. The van der Waals surface area contributed by atoms with Gasteiger partial charge in [0.1, 0.15) is 0 Å². The van der Waals surface area contributed by atoms with E-state index in [1.165, 1.54) is 0 Å². The van der Waals surface area contributed by atoms with E-state index in [1.807, 2.05) is 18.2 Å². The van der Waals surface area contributed by atoms with Gasteiger partial charge in [0.05, 0.1) is 27.8 Å². The molecule has 2 rings (SSSR count). The number of hydrogen-bond acceptors (Lipinski definition) is 3. The Morgan fingerprint density at radius 3 is 2.10 bits per heavy atom. The first-order valence-corrected chi connectivity index (χ1v) is 7.71. The van der Waals surface area contributed by atoms with E-state index < -0.39 is 0 Å². The zero-order valence-corrected chi connectivity index (χ0v) is 15.0. The minimum atomic E-state index is 0. The topological polar surface area (TPSA) is 36.4 Å². The van der Waals surface area contributed by atoms with Gasteiger partial charge in [-0.15, -0.1) is 12.4 Å². The lowest BCUT2D eigenvalue weighted by molar-refractivity contribution is 0.348. The lowest BCUT2D eigenvalue weighted by atomic mass is 9.90. The van der Waals surface area contributed by atoms with Crippen LogP contribution in [0.25, 0.3) is 0 Å². The Bertz CT molecular complexity index is 495. The minimum absolute atomic E-state index is 0. The number of nitrogens with one attached hydrogen (secondary N) is 2. The molecule has 0 aromatic heterocycles. The fraction of sp³-hybridized carbons (Fsp3) is 0.533. The first-order chi connectivity index (χ1) is 9.40. The van der Waals surface area contributed by atoms with E-state index in [-0.39, 0.29) is 18.4 Å². The van der Waals surface area contributed by atoms with Crippen molar-refractivity contribution >= 4 is 47.3 Å². The number of anilines is 1. The largest absolute Gasteiger partial charge is 0.351 e. The molecule has 0 saturated heterocycles. The number of benzene rings is 1. The van der Waals surface area contributed by atoms with Gasteiger partial charge in [0.2, 0.25) is 0 Å². The number of hydrogen-bond donors (Lipinski definition) is 2. The molecule has 3 nitrogen and oxygen atoms in total. The van der Waals surface area contributed by atoms with Gasteiger partial charge < -0.3 is 10.6 Å².